The molecule has 0 spiro atoms. The van der Waals surface area contributed by atoms with Gasteiger partial charge in [0.15, 0.2) is 0 Å². The van der Waals surface area contributed by atoms with Crippen LogP contribution in [0.3, 0.4) is 0 Å². The lowest BCUT2D eigenvalue weighted by Gasteiger charge is -2.19. The van der Waals surface area contributed by atoms with E-state index >= 15 is 0 Å². The number of unbranched alkanes of at least 4 members (excludes halogenated alkanes) is 4. The summed E-state index contributed by atoms with van der Waals surface area (Å²) in [5.74, 6) is 0.814. The molecule has 0 fully saturated rings. The van der Waals surface area contributed by atoms with E-state index in [2.05, 4.69) is 13.8 Å². The van der Waals surface area contributed by atoms with Crippen molar-refractivity contribution in [2.75, 3.05) is 0 Å². The van der Waals surface area contributed by atoms with Crippen molar-refractivity contribution < 1.29 is 9.53 Å². The topological polar surface area (TPSA) is 26.3 Å². The van der Waals surface area contributed by atoms with Crippen molar-refractivity contribution in [3.8, 4) is 0 Å². The molecule has 0 aromatic rings. The van der Waals surface area contributed by atoms with Gasteiger partial charge in [-0.05, 0) is 33.1 Å². The van der Waals surface area contributed by atoms with Gasteiger partial charge in [0.05, 0.1) is 0 Å². The van der Waals surface area contributed by atoms with E-state index in [1.54, 1.807) is 0 Å². The molecule has 0 radical (unpaired) electrons. The smallest absolute Gasteiger partial charge is 0.306 e. The highest BCUT2D eigenvalue weighted by Gasteiger charge is 2.15. The molecule has 0 saturated carbocycles. The molecule has 108 valence electrons. The van der Waals surface area contributed by atoms with Crippen LogP contribution < -0.4 is 0 Å². The van der Waals surface area contributed by atoms with Crippen LogP contribution in [0.15, 0.2) is 0 Å². The number of ether oxygens (including phenoxy) is 1. The van der Waals surface area contributed by atoms with Crippen molar-refractivity contribution in [1.29, 1.82) is 0 Å². The zero-order valence-corrected chi connectivity index (χ0v) is 13.1. The van der Waals surface area contributed by atoms with E-state index in [9.17, 15) is 4.79 Å². The molecule has 0 aromatic carbocycles. The van der Waals surface area contributed by atoms with Crippen LogP contribution in [0.2, 0.25) is 0 Å². The number of carbonyl (C=O) groups is 1. The first-order valence-corrected chi connectivity index (χ1v) is 7.57. The fraction of sp³-hybridized carbons (Fsp3) is 0.938. The third kappa shape index (κ3) is 11.9. The molecule has 1 unspecified atom stereocenters. The van der Waals surface area contributed by atoms with Gasteiger partial charge in [-0.25, -0.2) is 0 Å². The maximum Gasteiger partial charge on any atom is 0.306 e. The molecule has 0 bridgehead atoms. The van der Waals surface area contributed by atoms with Crippen LogP contribution in [0.1, 0.15) is 86.0 Å². The summed E-state index contributed by atoms with van der Waals surface area (Å²) < 4.78 is 5.27. The maximum absolute atomic E-state index is 11.5. The third-order valence-electron chi connectivity index (χ3n) is 3.19. The second-order valence-corrected chi connectivity index (χ2v) is 6.41. The summed E-state index contributed by atoms with van der Waals surface area (Å²) in [5.41, 5.74) is -0.340. The minimum Gasteiger partial charge on any atom is -0.460 e. The van der Waals surface area contributed by atoms with Gasteiger partial charge in [-0.15, -0.1) is 0 Å². The predicted octanol–water partition coefficient (Wildman–Crippen LogP) is 5.10. The van der Waals surface area contributed by atoms with Crippen molar-refractivity contribution in [3.05, 3.63) is 0 Å². The van der Waals surface area contributed by atoms with Gasteiger partial charge >= 0.3 is 5.97 Å². The van der Waals surface area contributed by atoms with E-state index in [0.717, 1.165) is 18.8 Å². The average Bonchev–Trinajstić information content (AvgIpc) is 2.25. The van der Waals surface area contributed by atoms with Gasteiger partial charge in [0.25, 0.3) is 0 Å². The monoisotopic (exact) mass is 256 g/mol. The summed E-state index contributed by atoms with van der Waals surface area (Å²) in [4.78, 5) is 11.5. The van der Waals surface area contributed by atoms with E-state index in [0.29, 0.717) is 6.42 Å². The Morgan fingerprint density at radius 3 is 2.17 bits per heavy atom. The second-order valence-electron chi connectivity index (χ2n) is 6.41. The molecule has 1 atom stereocenters. The number of rotatable bonds is 9. The zero-order valence-electron chi connectivity index (χ0n) is 13.1. The summed E-state index contributed by atoms with van der Waals surface area (Å²) >= 11 is 0. The summed E-state index contributed by atoms with van der Waals surface area (Å²) in [7, 11) is 0. The normalized spacial score (nSPS) is 13.4. The Morgan fingerprint density at radius 1 is 1.06 bits per heavy atom. The molecule has 0 amide bonds. The van der Waals surface area contributed by atoms with Crippen LogP contribution in [-0.2, 0) is 9.53 Å². The molecule has 18 heavy (non-hydrogen) atoms. The van der Waals surface area contributed by atoms with E-state index in [-0.39, 0.29) is 11.6 Å². The lowest BCUT2D eigenvalue weighted by Crippen LogP contribution is -2.23. The summed E-state index contributed by atoms with van der Waals surface area (Å²) in [6.45, 7) is 10.3. The van der Waals surface area contributed by atoms with Crippen molar-refractivity contribution in [2.24, 2.45) is 5.92 Å². The molecule has 0 aliphatic rings. The minimum atomic E-state index is -0.340. The molecule has 0 saturated heterocycles. The fourth-order valence-corrected chi connectivity index (χ4v) is 1.89. The lowest BCUT2D eigenvalue weighted by atomic mass is 10.00. The standard InChI is InChI=1S/C16H32O2/c1-6-14(2)12-10-8-7-9-11-13-15(17)18-16(3,4)5/h14H,6-13H2,1-5H3. The first-order chi connectivity index (χ1) is 8.35. The van der Waals surface area contributed by atoms with Crippen LogP contribution in [0.4, 0.5) is 0 Å². The largest absolute Gasteiger partial charge is 0.460 e. The second kappa shape index (κ2) is 9.41. The molecule has 0 heterocycles. The quantitative estimate of drug-likeness (QED) is 0.423. The summed E-state index contributed by atoms with van der Waals surface area (Å²) in [6.07, 6.45) is 9.22. The summed E-state index contributed by atoms with van der Waals surface area (Å²) in [6, 6.07) is 0. The zero-order chi connectivity index (χ0) is 14.0. The first-order valence-electron chi connectivity index (χ1n) is 7.57. The van der Waals surface area contributed by atoms with E-state index in [1.165, 1.54) is 32.1 Å². The van der Waals surface area contributed by atoms with Crippen LogP contribution in [0.5, 0.6) is 0 Å². The lowest BCUT2D eigenvalue weighted by molar-refractivity contribution is -0.154. The van der Waals surface area contributed by atoms with Gasteiger partial charge in [0, 0.05) is 6.42 Å². The molecule has 0 aliphatic heterocycles. The third-order valence-corrected chi connectivity index (χ3v) is 3.19. The van der Waals surface area contributed by atoms with Crippen LogP contribution in [0, 0.1) is 5.92 Å². The van der Waals surface area contributed by atoms with Gasteiger partial charge in [0.2, 0.25) is 0 Å². The van der Waals surface area contributed by atoms with Gasteiger partial charge < -0.3 is 4.74 Å². The molecule has 0 N–H and O–H groups in total. The van der Waals surface area contributed by atoms with E-state index < -0.39 is 0 Å². The van der Waals surface area contributed by atoms with Crippen molar-refractivity contribution in [3.63, 3.8) is 0 Å². The highest BCUT2D eigenvalue weighted by Crippen LogP contribution is 2.15. The molecular weight excluding hydrogens is 224 g/mol. The average molecular weight is 256 g/mol. The molecule has 0 aromatic heterocycles. The number of esters is 1. The highest BCUT2D eigenvalue weighted by atomic mass is 16.6. The van der Waals surface area contributed by atoms with Crippen molar-refractivity contribution in [1.82, 2.24) is 0 Å². The Morgan fingerprint density at radius 2 is 1.61 bits per heavy atom. The SMILES string of the molecule is CCC(C)CCCCCCCC(=O)OC(C)(C)C. The van der Waals surface area contributed by atoms with Crippen LogP contribution in [-0.4, -0.2) is 11.6 Å². The van der Waals surface area contributed by atoms with E-state index in [4.69, 9.17) is 4.74 Å². The highest BCUT2D eigenvalue weighted by molar-refractivity contribution is 5.69. The Balaban J connectivity index is 3.33. The van der Waals surface area contributed by atoms with E-state index in [1.807, 2.05) is 20.8 Å². The van der Waals surface area contributed by atoms with Gasteiger partial charge in [-0.1, -0.05) is 52.4 Å². The Bertz CT molecular complexity index is 216. The summed E-state index contributed by atoms with van der Waals surface area (Å²) in [5, 5.41) is 0. The van der Waals surface area contributed by atoms with Crippen molar-refractivity contribution >= 4 is 5.97 Å². The molecule has 0 aliphatic carbocycles. The van der Waals surface area contributed by atoms with Crippen LogP contribution >= 0.6 is 0 Å². The number of hydrogen-bond donors (Lipinski definition) is 0. The Labute approximate surface area is 113 Å². The van der Waals surface area contributed by atoms with Gasteiger partial charge in [0.1, 0.15) is 5.60 Å². The number of hydrogen-bond acceptors (Lipinski definition) is 2. The Hall–Kier alpha value is -0.530. The fourth-order valence-electron chi connectivity index (χ4n) is 1.89. The van der Waals surface area contributed by atoms with Crippen LogP contribution in [0.25, 0.3) is 0 Å². The number of carbonyl (C=O) groups excluding carboxylic acids is 1. The molecule has 2 heteroatoms. The van der Waals surface area contributed by atoms with Gasteiger partial charge in [-0.3, -0.25) is 4.79 Å². The predicted molar refractivity (Wildman–Crippen MR) is 77.6 cm³/mol. The first kappa shape index (κ1) is 17.5. The minimum absolute atomic E-state index is 0.0536. The van der Waals surface area contributed by atoms with Crippen molar-refractivity contribution in [2.45, 2.75) is 91.6 Å². The maximum atomic E-state index is 11.5. The molecule has 0 rings (SSSR count). The van der Waals surface area contributed by atoms with Gasteiger partial charge in [-0.2, -0.15) is 0 Å². The Kier molecular flexibility index (Phi) is 9.13. The molecular formula is C16H32O2. The molecule has 2 nitrogen and oxygen atoms in total.